The van der Waals surface area contributed by atoms with Gasteiger partial charge in [-0.05, 0) is 18.1 Å². The van der Waals surface area contributed by atoms with E-state index in [0.29, 0.717) is 5.75 Å². The molecule has 5 heteroatoms. The Morgan fingerprint density at radius 1 is 1.33 bits per heavy atom. The maximum atomic E-state index is 11.3. The third-order valence-corrected chi connectivity index (χ3v) is 5.35. The Hall–Kier alpha value is -1.07. The fourth-order valence-electron chi connectivity index (χ4n) is 2.62. The van der Waals surface area contributed by atoms with Crippen molar-refractivity contribution in [1.29, 1.82) is 0 Å². The second kappa shape index (κ2) is 4.55. The van der Waals surface area contributed by atoms with Crippen LogP contribution in [-0.4, -0.2) is 38.6 Å². The maximum Gasteiger partial charge on any atom is 0.151 e. The van der Waals surface area contributed by atoms with Gasteiger partial charge in [-0.15, -0.1) is 0 Å². The van der Waals surface area contributed by atoms with Crippen molar-refractivity contribution in [2.45, 2.75) is 25.0 Å². The van der Waals surface area contributed by atoms with E-state index >= 15 is 0 Å². The summed E-state index contributed by atoms with van der Waals surface area (Å²) >= 11 is 0. The highest BCUT2D eigenvalue weighted by atomic mass is 32.2. The zero-order chi connectivity index (χ0) is 12.6. The Labute approximate surface area is 107 Å². The molecule has 0 amide bonds. The summed E-state index contributed by atoms with van der Waals surface area (Å²) in [5.74, 6) is 1.55. The Bertz CT molecular complexity index is 516. The highest BCUT2D eigenvalue weighted by molar-refractivity contribution is 7.91. The molecule has 0 spiro atoms. The van der Waals surface area contributed by atoms with E-state index in [0.717, 1.165) is 25.1 Å². The first kappa shape index (κ1) is 12.0. The van der Waals surface area contributed by atoms with Crippen molar-refractivity contribution in [2.24, 2.45) is 0 Å². The van der Waals surface area contributed by atoms with Crippen molar-refractivity contribution in [2.75, 3.05) is 18.1 Å². The van der Waals surface area contributed by atoms with E-state index in [1.807, 2.05) is 18.2 Å². The summed E-state index contributed by atoms with van der Waals surface area (Å²) in [6, 6.07) is 8.15. The molecule has 1 N–H and O–H groups in total. The normalized spacial score (nSPS) is 28.9. The van der Waals surface area contributed by atoms with E-state index in [1.165, 1.54) is 5.56 Å². The van der Waals surface area contributed by atoms with Gasteiger partial charge in [-0.1, -0.05) is 18.2 Å². The number of para-hydroxylation sites is 1. The lowest BCUT2D eigenvalue weighted by Crippen LogP contribution is -2.38. The quantitative estimate of drug-likeness (QED) is 0.879. The minimum atomic E-state index is -2.80. The summed E-state index contributed by atoms with van der Waals surface area (Å²) in [5.41, 5.74) is 1.24. The molecule has 3 rings (SSSR count). The van der Waals surface area contributed by atoms with E-state index in [-0.39, 0.29) is 17.9 Å². The monoisotopic (exact) mass is 267 g/mol. The van der Waals surface area contributed by atoms with Crippen LogP contribution >= 0.6 is 0 Å². The first-order chi connectivity index (χ1) is 8.62. The SMILES string of the molecule is O=S1(=O)CCC(NCC2Cc3ccccc3O2)C1. The number of benzene rings is 1. The van der Waals surface area contributed by atoms with E-state index in [1.54, 1.807) is 0 Å². The fourth-order valence-corrected chi connectivity index (χ4v) is 4.33. The van der Waals surface area contributed by atoms with Crippen LogP contribution in [-0.2, 0) is 16.3 Å². The number of hydrogen-bond acceptors (Lipinski definition) is 4. The highest BCUT2D eigenvalue weighted by Crippen LogP contribution is 2.27. The summed E-state index contributed by atoms with van der Waals surface area (Å²) in [5, 5.41) is 3.31. The van der Waals surface area contributed by atoms with Gasteiger partial charge in [0.25, 0.3) is 0 Å². The molecule has 2 unspecified atom stereocenters. The lowest BCUT2D eigenvalue weighted by atomic mass is 10.1. The average Bonchev–Trinajstić information content (AvgIpc) is 2.89. The Morgan fingerprint density at radius 3 is 2.89 bits per heavy atom. The van der Waals surface area contributed by atoms with Crippen molar-refractivity contribution in [3.63, 3.8) is 0 Å². The van der Waals surface area contributed by atoms with Crippen LogP contribution in [0.3, 0.4) is 0 Å². The zero-order valence-electron chi connectivity index (χ0n) is 10.1. The molecule has 2 atom stereocenters. The summed E-state index contributed by atoms with van der Waals surface area (Å²) in [4.78, 5) is 0. The van der Waals surface area contributed by atoms with Crippen LogP contribution in [0.25, 0.3) is 0 Å². The van der Waals surface area contributed by atoms with E-state index < -0.39 is 9.84 Å². The lowest BCUT2D eigenvalue weighted by Gasteiger charge is -2.15. The Balaban J connectivity index is 1.52. The van der Waals surface area contributed by atoms with Crippen LogP contribution in [0.1, 0.15) is 12.0 Å². The molecule has 2 aliphatic rings. The van der Waals surface area contributed by atoms with Gasteiger partial charge in [-0.2, -0.15) is 0 Å². The van der Waals surface area contributed by atoms with Crippen molar-refractivity contribution < 1.29 is 13.2 Å². The molecule has 18 heavy (non-hydrogen) atoms. The van der Waals surface area contributed by atoms with Gasteiger partial charge < -0.3 is 10.1 Å². The molecule has 0 bridgehead atoms. The molecule has 2 aliphatic heterocycles. The number of nitrogens with one attached hydrogen (secondary N) is 1. The van der Waals surface area contributed by atoms with Crippen LogP contribution in [0, 0.1) is 0 Å². The van der Waals surface area contributed by atoms with Crippen LogP contribution in [0.4, 0.5) is 0 Å². The minimum Gasteiger partial charge on any atom is -0.488 e. The van der Waals surface area contributed by atoms with Crippen molar-refractivity contribution >= 4 is 9.84 Å². The molecular weight excluding hydrogens is 250 g/mol. The molecule has 0 aromatic heterocycles. The highest BCUT2D eigenvalue weighted by Gasteiger charge is 2.29. The smallest absolute Gasteiger partial charge is 0.151 e. The lowest BCUT2D eigenvalue weighted by molar-refractivity contribution is 0.223. The number of hydrogen-bond donors (Lipinski definition) is 1. The first-order valence-corrected chi connectivity index (χ1v) is 8.13. The Kier molecular flexibility index (Phi) is 3.03. The topological polar surface area (TPSA) is 55.4 Å². The molecule has 98 valence electrons. The van der Waals surface area contributed by atoms with Gasteiger partial charge in [0, 0.05) is 19.0 Å². The van der Waals surface area contributed by atoms with Gasteiger partial charge in [-0.3, -0.25) is 0 Å². The largest absolute Gasteiger partial charge is 0.488 e. The Morgan fingerprint density at radius 2 is 2.17 bits per heavy atom. The molecule has 2 heterocycles. The molecule has 4 nitrogen and oxygen atoms in total. The van der Waals surface area contributed by atoms with Gasteiger partial charge in [0.15, 0.2) is 9.84 Å². The van der Waals surface area contributed by atoms with Gasteiger partial charge in [0.2, 0.25) is 0 Å². The van der Waals surface area contributed by atoms with E-state index in [4.69, 9.17) is 4.74 Å². The third kappa shape index (κ3) is 2.52. The molecule has 1 saturated heterocycles. The molecule has 1 aromatic rings. The molecule has 0 radical (unpaired) electrons. The summed E-state index contributed by atoms with van der Waals surface area (Å²) in [7, 11) is -2.80. The minimum absolute atomic E-state index is 0.0994. The second-order valence-electron chi connectivity index (χ2n) is 5.06. The molecule has 1 fully saturated rings. The predicted molar refractivity (Wildman–Crippen MR) is 69.6 cm³/mol. The van der Waals surface area contributed by atoms with Gasteiger partial charge in [-0.25, -0.2) is 8.42 Å². The van der Waals surface area contributed by atoms with Gasteiger partial charge in [0.1, 0.15) is 11.9 Å². The maximum absolute atomic E-state index is 11.3. The average molecular weight is 267 g/mol. The van der Waals surface area contributed by atoms with Crippen LogP contribution in [0.15, 0.2) is 24.3 Å². The van der Waals surface area contributed by atoms with E-state index in [9.17, 15) is 8.42 Å². The molecule has 0 saturated carbocycles. The number of ether oxygens (including phenoxy) is 1. The van der Waals surface area contributed by atoms with Crippen molar-refractivity contribution in [3.05, 3.63) is 29.8 Å². The number of sulfone groups is 1. The first-order valence-electron chi connectivity index (χ1n) is 6.31. The molecule has 1 aromatic carbocycles. The van der Waals surface area contributed by atoms with Crippen molar-refractivity contribution in [1.82, 2.24) is 5.32 Å². The van der Waals surface area contributed by atoms with E-state index in [2.05, 4.69) is 11.4 Å². The molecule has 0 aliphatic carbocycles. The van der Waals surface area contributed by atoms with Crippen LogP contribution in [0.2, 0.25) is 0 Å². The predicted octanol–water partition coefficient (Wildman–Crippen LogP) is 0.767. The van der Waals surface area contributed by atoms with Gasteiger partial charge >= 0.3 is 0 Å². The van der Waals surface area contributed by atoms with Gasteiger partial charge in [0.05, 0.1) is 11.5 Å². The zero-order valence-corrected chi connectivity index (χ0v) is 10.9. The number of fused-ring (bicyclic) bond motifs is 1. The number of rotatable bonds is 3. The van der Waals surface area contributed by atoms with Crippen molar-refractivity contribution in [3.8, 4) is 5.75 Å². The fraction of sp³-hybridized carbons (Fsp3) is 0.538. The summed E-state index contributed by atoms with van der Waals surface area (Å²) in [6.45, 7) is 0.717. The summed E-state index contributed by atoms with van der Waals surface area (Å²) in [6.07, 6.45) is 1.76. The molecular formula is C13H17NO3S. The standard InChI is InChI=1S/C13H17NO3S/c15-18(16)6-5-11(9-18)14-8-12-7-10-3-1-2-4-13(10)17-12/h1-4,11-12,14H,5-9H2. The van der Waals surface area contributed by atoms with Crippen LogP contribution < -0.4 is 10.1 Å². The second-order valence-corrected chi connectivity index (χ2v) is 7.29. The van der Waals surface area contributed by atoms with Crippen LogP contribution in [0.5, 0.6) is 5.75 Å². The summed E-state index contributed by atoms with van der Waals surface area (Å²) < 4.78 is 28.5. The third-order valence-electron chi connectivity index (χ3n) is 3.58.